The highest BCUT2D eigenvalue weighted by atomic mass is 14.4. The van der Waals surface area contributed by atoms with Gasteiger partial charge in [-0.15, -0.1) is 0 Å². The lowest BCUT2D eigenvalue weighted by Gasteiger charge is -2.38. The fourth-order valence-corrected chi connectivity index (χ4v) is 5.05. The molecule has 0 N–H and O–H groups in total. The summed E-state index contributed by atoms with van der Waals surface area (Å²) in [6.07, 6.45) is 11.5. The van der Waals surface area contributed by atoms with Crippen LogP contribution in [-0.2, 0) is 6.42 Å². The standard InChI is InChI=1S/C30H34/c1-6-21(4)23-9-11-24(12-10-23)25-13-14-26(17-25)27-15-16-28-20-30(7-2,8-3)19-22(5)29(28)18-27/h9-13,15-18H,4-8,14,19-20H2,1-3H3. The third kappa shape index (κ3) is 3.76. The summed E-state index contributed by atoms with van der Waals surface area (Å²) in [5.74, 6) is 0. The molecule has 4 rings (SSSR count). The highest BCUT2D eigenvalue weighted by Crippen LogP contribution is 2.46. The van der Waals surface area contributed by atoms with Crippen LogP contribution in [-0.4, -0.2) is 0 Å². The second kappa shape index (κ2) is 8.26. The summed E-state index contributed by atoms with van der Waals surface area (Å²) in [5.41, 5.74) is 12.4. The molecule has 0 radical (unpaired) electrons. The Morgan fingerprint density at radius 2 is 1.63 bits per heavy atom. The summed E-state index contributed by atoms with van der Waals surface area (Å²) in [5, 5.41) is 0. The predicted octanol–water partition coefficient (Wildman–Crippen LogP) is 8.75. The highest BCUT2D eigenvalue weighted by Gasteiger charge is 2.33. The lowest BCUT2D eigenvalue weighted by atomic mass is 9.66. The van der Waals surface area contributed by atoms with Crippen molar-refractivity contribution >= 4 is 22.3 Å². The van der Waals surface area contributed by atoms with Crippen LogP contribution in [0.5, 0.6) is 0 Å². The van der Waals surface area contributed by atoms with E-state index in [-0.39, 0.29) is 0 Å². The van der Waals surface area contributed by atoms with Crippen LogP contribution in [0.15, 0.2) is 67.8 Å². The third-order valence-electron chi connectivity index (χ3n) is 7.44. The maximum Gasteiger partial charge on any atom is -0.00821 e. The molecular weight excluding hydrogens is 360 g/mol. The summed E-state index contributed by atoms with van der Waals surface area (Å²) in [6, 6.07) is 15.9. The van der Waals surface area contributed by atoms with E-state index in [0.29, 0.717) is 5.41 Å². The molecule has 0 saturated heterocycles. The minimum atomic E-state index is 0.405. The van der Waals surface area contributed by atoms with Crippen molar-refractivity contribution in [3.05, 3.63) is 95.6 Å². The van der Waals surface area contributed by atoms with Gasteiger partial charge in [0.15, 0.2) is 0 Å². The van der Waals surface area contributed by atoms with Gasteiger partial charge in [-0.2, -0.15) is 0 Å². The van der Waals surface area contributed by atoms with Crippen LogP contribution in [0, 0.1) is 5.41 Å². The lowest BCUT2D eigenvalue weighted by Crippen LogP contribution is -2.26. The molecule has 2 aliphatic rings. The molecule has 0 atom stereocenters. The minimum Gasteiger partial charge on any atom is -0.0952 e. The van der Waals surface area contributed by atoms with Crippen molar-refractivity contribution in [2.75, 3.05) is 0 Å². The zero-order valence-electron chi connectivity index (χ0n) is 18.9. The maximum atomic E-state index is 4.47. The van der Waals surface area contributed by atoms with Crippen LogP contribution in [0.25, 0.3) is 22.3 Å². The first-order chi connectivity index (χ1) is 14.5. The van der Waals surface area contributed by atoms with E-state index in [4.69, 9.17) is 0 Å². The van der Waals surface area contributed by atoms with Crippen LogP contribution < -0.4 is 0 Å². The van der Waals surface area contributed by atoms with E-state index < -0.39 is 0 Å². The molecule has 0 saturated carbocycles. The van der Waals surface area contributed by atoms with Crippen molar-refractivity contribution in [3.8, 4) is 0 Å². The van der Waals surface area contributed by atoms with Crippen molar-refractivity contribution in [2.45, 2.75) is 59.3 Å². The second-order valence-corrected chi connectivity index (χ2v) is 9.10. The summed E-state index contributed by atoms with van der Waals surface area (Å²) < 4.78 is 0. The third-order valence-corrected chi connectivity index (χ3v) is 7.44. The van der Waals surface area contributed by atoms with Crippen LogP contribution in [0.3, 0.4) is 0 Å². The maximum absolute atomic E-state index is 4.47. The lowest BCUT2D eigenvalue weighted by molar-refractivity contribution is 0.261. The Labute approximate surface area is 182 Å². The molecule has 0 heteroatoms. The van der Waals surface area contributed by atoms with E-state index in [1.165, 1.54) is 69.4 Å². The van der Waals surface area contributed by atoms with Crippen LogP contribution >= 0.6 is 0 Å². The zero-order chi connectivity index (χ0) is 21.3. The molecule has 0 aliphatic heterocycles. The average Bonchev–Trinajstić information content (AvgIpc) is 3.28. The Hall–Kier alpha value is -2.60. The summed E-state index contributed by atoms with van der Waals surface area (Å²) in [4.78, 5) is 0. The molecule has 0 heterocycles. The SMILES string of the molecule is C=C(CC)c1ccc(C2=CCC(c3ccc4c(c3)C(=C)CC(CC)(CC)C4)=C2)cc1. The molecule has 0 unspecified atom stereocenters. The van der Waals surface area contributed by atoms with E-state index in [1.807, 2.05) is 0 Å². The average molecular weight is 395 g/mol. The molecule has 2 aromatic rings. The Morgan fingerprint density at radius 1 is 0.933 bits per heavy atom. The normalized spacial score (nSPS) is 17.4. The Balaban J connectivity index is 1.57. The summed E-state index contributed by atoms with van der Waals surface area (Å²) >= 11 is 0. The number of rotatable bonds is 6. The molecule has 2 aromatic carbocycles. The van der Waals surface area contributed by atoms with Gasteiger partial charge in [0.2, 0.25) is 0 Å². The fraction of sp³-hybridized carbons (Fsp3) is 0.333. The first kappa shape index (κ1) is 20.7. The predicted molar refractivity (Wildman–Crippen MR) is 133 cm³/mol. The van der Waals surface area contributed by atoms with Crippen molar-refractivity contribution in [1.29, 1.82) is 0 Å². The molecule has 0 amide bonds. The molecule has 0 fully saturated rings. The van der Waals surface area contributed by atoms with Crippen LogP contribution in [0.2, 0.25) is 0 Å². The smallest absolute Gasteiger partial charge is 0.00821 e. The summed E-state index contributed by atoms with van der Waals surface area (Å²) in [6.45, 7) is 15.4. The van der Waals surface area contributed by atoms with Gasteiger partial charge in [0.25, 0.3) is 0 Å². The molecule has 154 valence electrons. The minimum absolute atomic E-state index is 0.405. The van der Waals surface area contributed by atoms with Crippen LogP contribution in [0.4, 0.5) is 0 Å². The molecule has 30 heavy (non-hydrogen) atoms. The molecule has 0 bridgehead atoms. The van der Waals surface area contributed by atoms with Crippen molar-refractivity contribution in [3.63, 3.8) is 0 Å². The number of hydrogen-bond acceptors (Lipinski definition) is 0. The first-order valence-corrected chi connectivity index (χ1v) is 11.5. The van der Waals surface area contributed by atoms with Crippen molar-refractivity contribution in [2.24, 2.45) is 5.41 Å². The largest absolute Gasteiger partial charge is 0.0952 e. The Kier molecular flexibility index (Phi) is 5.69. The van der Waals surface area contributed by atoms with E-state index in [2.05, 4.69) is 88.5 Å². The number of allylic oxidation sites excluding steroid dienone is 6. The molecule has 2 aliphatic carbocycles. The van der Waals surface area contributed by atoms with Crippen LogP contribution in [0.1, 0.15) is 80.7 Å². The van der Waals surface area contributed by atoms with Gasteiger partial charge in [0.05, 0.1) is 0 Å². The highest BCUT2D eigenvalue weighted by molar-refractivity contribution is 5.90. The number of benzene rings is 2. The number of fused-ring (bicyclic) bond motifs is 1. The topological polar surface area (TPSA) is 0 Å². The number of hydrogen-bond donors (Lipinski definition) is 0. The van der Waals surface area contributed by atoms with Gasteiger partial charge in [-0.1, -0.05) is 82.5 Å². The summed E-state index contributed by atoms with van der Waals surface area (Å²) in [7, 11) is 0. The van der Waals surface area contributed by atoms with E-state index in [1.54, 1.807) is 0 Å². The van der Waals surface area contributed by atoms with Gasteiger partial charge in [-0.05, 0) is 100 Å². The van der Waals surface area contributed by atoms with Gasteiger partial charge in [-0.25, -0.2) is 0 Å². The quantitative estimate of drug-likeness (QED) is 0.459. The molecule has 0 nitrogen and oxygen atoms in total. The van der Waals surface area contributed by atoms with E-state index in [0.717, 1.165) is 19.3 Å². The van der Waals surface area contributed by atoms with E-state index in [9.17, 15) is 0 Å². The van der Waals surface area contributed by atoms with Crippen molar-refractivity contribution in [1.82, 2.24) is 0 Å². The fourth-order valence-electron chi connectivity index (χ4n) is 5.05. The van der Waals surface area contributed by atoms with Gasteiger partial charge < -0.3 is 0 Å². The van der Waals surface area contributed by atoms with E-state index >= 15 is 0 Å². The first-order valence-electron chi connectivity index (χ1n) is 11.5. The van der Waals surface area contributed by atoms with Crippen molar-refractivity contribution < 1.29 is 0 Å². The molecule has 0 aromatic heterocycles. The second-order valence-electron chi connectivity index (χ2n) is 9.10. The van der Waals surface area contributed by atoms with Gasteiger partial charge in [0, 0.05) is 0 Å². The molecular formula is C30H34. The monoisotopic (exact) mass is 394 g/mol. The van der Waals surface area contributed by atoms with Gasteiger partial charge in [0.1, 0.15) is 0 Å². The Morgan fingerprint density at radius 3 is 2.30 bits per heavy atom. The van der Waals surface area contributed by atoms with Gasteiger partial charge >= 0.3 is 0 Å². The molecule has 0 spiro atoms. The Bertz CT molecular complexity index is 1040. The zero-order valence-corrected chi connectivity index (χ0v) is 18.9. The van der Waals surface area contributed by atoms with Gasteiger partial charge in [-0.3, -0.25) is 0 Å².